The van der Waals surface area contributed by atoms with Crippen molar-refractivity contribution >= 4 is 11.5 Å². The lowest BCUT2D eigenvalue weighted by atomic mass is 10.0. The number of aryl methyl sites for hydroxylation is 2. The van der Waals surface area contributed by atoms with Gasteiger partial charge >= 0.3 is 0 Å². The number of carbonyl (C=O) groups excluding carboxylic acids is 1. The average Bonchev–Trinajstić information content (AvgIpc) is 2.23. The lowest BCUT2D eigenvalue weighted by molar-refractivity contribution is -0.113. The number of nitrogens with zero attached hydrogens (tertiary/aromatic N) is 1. The summed E-state index contributed by atoms with van der Waals surface area (Å²) in [5.41, 5.74) is 4.88. The molecular weight excluding hydrogens is 210 g/mol. The zero-order valence-corrected chi connectivity index (χ0v) is 11.2. The van der Waals surface area contributed by atoms with Gasteiger partial charge in [0.25, 0.3) is 0 Å². The van der Waals surface area contributed by atoms with Crippen LogP contribution in [0.3, 0.4) is 0 Å². The minimum absolute atomic E-state index is 0.00350. The van der Waals surface area contributed by atoms with Gasteiger partial charge in [0.15, 0.2) is 5.78 Å². The molecule has 17 heavy (non-hydrogen) atoms. The van der Waals surface area contributed by atoms with E-state index in [2.05, 4.69) is 37.0 Å². The van der Waals surface area contributed by atoms with E-state index < -0.39 is 0 Å². The Kier molecular flexibility index (Phi) is 4.38. The van der Waals surface area contributed by atoms with Gasteiger partial charge in [-0.3, -0.25) is 4.79 Å². The zero-order valence-electron chi connectivity index (χ0n) is 11.2. The monoisotopic (exact) mass is 229 g/mol. The van der Waals surface area contributed by atoms with Gasteiger partial charge in [-0.15, -0.1) is 0 Å². The lowest BCUT2D eigenvalue weighted by Crippen LogP contribution is -2.01. The first-order chi connectivity index (χ1) is 7.93. The Balaban J connectivity index is 3.15. The van der Waals surface area contributed by atoms with Gasteiger partial charge in [-0.05, 0) is 33.3 Å². The van der Waals surface area contributed by atoms with Crippen LogP contribution in [-0.4, -0.2) is 11.5 Å². The molecule has 0 aliphatic rings. The molecule has 0 N–H and O–H groups in total. The van der Waals surface area contributed by atoms with Gasteiger partial charge < -0.3 is 0 Å². The van der Waals surface area contributed by atoms with E-state index in [0.717, 1.165) is 11.3 Å². The van der Waals surface area contributed by atoms with Crippen molar-refractivity contribution in [1.29, 1.82) is 0 Å². The molecule has 0 bridgehead atoms. The maximum atomic E-state index is 11.3. The van der Waals surface area contributed by atoms with Gasteiger partial charge in [0.2, 0.25) is 0 Å². The standard InChI is InChI=1S/C15H19NO/c1-6-15(13(5)17)16-12(4)14-8-10(2)7-11(3)9-14/h6-9H,1-5H3/b15-6+,16-12?. The summed E-state index contributed by atoms with van der Waals surface area (Å²) in [7, 11) is 0. The molecule has 0 saturated carbocycles. The minimum atomic E-state index is -0.00350. The van der Waals surface area contributed by atoms with E-state index in [-0.39, 0.29) is 5.78 Å². The van der Waals surface area contributed by atoms with Crippen LogP contribution in [0.25, 0.3) is 0 Å². The molecule has 2 heteroatoms. The molecule has 1 aromatic carbocycles. The van der Waals surface area contributed by atoms with Crippen molar-refractivity contribution in [2.24, 2.45) is 4.99 Å². The van der Waals surface area contributed by atoms with Crippen molar-refractivity contribution in [3.05, 3.63) is 46.7 Å². The summed E-state index contributed by atoms with van der Waals surface area (Å²) < 4.78 is 0. The Morgan fingerprint density at radius 3 is 2.06 bits per heavy atom. The first kappa shape index (κ1) is 13.4. The van der Waals surface area contributed by atoms with Crippen LogP contribution in [0.2, 0.25) is 0 Å². The Hall–Kier alpha value is -1.70. The number of benzene rings is 1. The first-order valence-corrected chi connectivity index (χ1v) is 5.75. The molecule has 0 radical (unpaired) electrons. The molecule has 0 amide bonds. The highest BCUT2D eigenvalue weighted by molar-refractivity contribution is 6.03. The highest BCUT2D eigenvalue weighted by Gasteiger charge is 2.04. The van der Waals surface area contributed by atoms with Gasteiger partial charge in [-0.2, -0.15) is 0 Å². The minimum Gasteiger partial charge on any atom is -0.293 e. The molecule has 1 aromatic rings. The summed E-state index contributed by atoms with van der Waals surface area (Å²) in [5.74, 6) is -0.00350. The van der Waals surface area contributed by atoms with E-state index in [1.165, 1.54) is 18.1 Å². The summed E-state index contributed by atoms with van der Waals surface area (Å²) >= 11 is 0. The average molecular weight is 229 g/mol. The Morgan fingerprint density at radius 1 is 1.12 bits per heavy atom. The summed E-state index contributed by atoms with van der Waals surface area (Å²) in [6, 6.07) is 6.29. The van der Waals surface area contributed by atoms with E-state index >= 15 is 0 Å². The van der Waals surface area contributed by atoms with Crippen molar-refractivity contribution in [2.75, 3.05) is 0 Å². The van der Waals surface area contributed by atoms with E-state index in [4.69, 9.17) is 0 Å². The molecule has 0 aliphatic carbocycles. The van der Waals surface area contributed by atoms with Crippen LogP contribution in [0.5, 0.6) is 0 Å². The third-order valence-electron chi connectivity index (χ3n) is 2.56. The van der Waals surface area contributed by atoms with Crippen LogP contribution in [0.1, 0.15) is 37.5 Å². The zero-order chi connectivity index (χ0) is 13.0. The number of Topliss-reactive ketones (excluding diaryl/α,β-unsaturated/α-hetero) is 1. The van der Waals surface area contributed by atoms with Crippen molar-refractivity contribution < 1.29 is 4.79 Å². The van der Waals surface area contributed by atoms with Crippen molar-refractivity contribution in [3.8, 4) is 0 Å². The number of hydrogen-bond acceptors (Lipinski definition) is 2. The second-order valence-corrected chi connectivity index (χ2v) is 4.30. The smallest absolute Gasteiger partial charge is 0.177 e. The van der Waals surface area contributed by atoms with Crippen LogP contribution < -0.4 is 0 Å². The Labute approximate surface area is 103 Å². The molecule has 0 aliphatic heterocycles. The number of ketones is 1. The van der Waals surface area contributed by atoms with Gasteiger partial charge in [-0.25, -0.2) is 4.99 Å². The van der Waals surface area contributed by atoms with E-state index in [0.29, 0.717) is 5.70 Å². The summed E-state index contributed by atoms with van der Waals surface area (Å²) in [6.07, 6.45) is 1.74. The fraction of sp³-hybridized carbons (Fsp3) is 0.333. The van der Waals surface area contributed by atoms with E-state index in [1.54, 1.807) is 6.08 Å². The molecule has 0 atom stereocenters. The molecule has 0 aromatic heterocycles. The van der Waals surface area contributed by atoms with Crippen molar-refractivity contribution in [3.63, 3.8) is 0 Å². The summed E-state index contributed by atoms with van der Waals surface area (Å²) in [4.78, 5) is 15.7. The third kappa shape index (κ3) is 3.66. The van der Waals surface area contributed by atoms with Crippen molar-refractivity contribution in [2.45, 2.75) is 34.6 Å². The maximum Gasteiger partial charge on any atom is 0.177 e. The Morgan fingerprint density at radius 2 is 1.65 bits per heavy atom. The number of allylic oxidation sites excluding steroid dienone is 2. The van der Waals surface area contributed by atoms with E-state index in [1.807, 2.05) is 13.8 Å². The molecular formula is C15H19NO. The molecule has 1 rings (SSSR count). The van der Waals surface area contributed by atoms with Crippen LogP contribution in [-0.2, 0) is 4.79 Å². The van der Waals surface area contributed by atoms with Crippen molar-refractivity contribution in [1.82, 2.24) is 0 Å². The number of aliphatic imine (C=N–C) groups is 1. The van der Waals surface area contributed by atoms with Crippen LogP contribution in [0, 0.1) is 13.8 Å². The number of carbonyl (C=O) groups is 1. The topological polar surface area (TPSA) is 29.4 Å². The fourth-order valence-corrected chi connectivity index (χ4v) is 1.78. The summed E-state index contributed by atoms with van der Waals surface area (Å²) in [5, 5.41) is 0. The van der Waals surface area contributed by atoms with Crippen LogP contribution in [0.4, 0.5) is 0 Å². The molecule has 0 spiro atoms. The predicted molar refractivity (Wildman–Crippen MR) is 72.6 cm³/mol. The van der Waals surface area contributed by atoms with Gasteiger partial charge in [0.05, 0.1) is 0 Å². The van der Waals surface area contributed by atoms with Gasteiger partial charge in [0, 0.05) is 12.6 Å². The highest BCUT2D eigenvalue weighted by Crippen LogP contribution is 2.11. The van der Waals surface area contributed by atoms with E-state index in [9.17, 15) is 4.79 Å². The predicted octanol–water partition coefficient (Wildman–Crippen LogP) is 3.61. The number of rotatable bonds is 3. The largest absolute Gasteiger partial charge is 0.293 e. The molecule has 2 nitrogen and oxygen atoms in total. The highest BCUT2D eigenvalue weighted by atomic mass is 16.1. The molecule has 0 fully saturated rings. The maximum absolute atomic E-state index is 11.3. The Bertz CT molecular complexity index is 475. The number of hydrogen-bond donors (Lipinski definition) is 0. The van der Waals surface area contributed by atoms with Gasteiger partial charge in [0.1, 0.15) is 5.70 Å². The fourth-order valence-electron chi connectivity index (χ4n) is 1.78. The third-order valence-corrected chi connectivity index (χ3v) is 2.56. The lowest BCUT2D eigenvalue weighted by Gasteiger charge is -2.05. The second kappa shape index (κ2) is 5.58. The molecule has 0 heterocycles. The molecule has 0 saturated heterocycles. The van der Waals surface area contributed by atoms with Crippen LogP contribution in [0.15, 0.2) is 35.0 Å². The molecule has 90 valence electrons. The van der Waals surface area contributed by atoms with Crippen LogP contribution >= 0.6 is 0 Å². The SMILES string of the molecule is C/C=C(/N=C(C)c1cc(C)cc(C)c1)C(C)=O. The quantitative estimate of drug-likeness (QED) is 0.575. The normalized spacial score (nSPS) is 12.8. The summed E-state index contributed by atoms with van der Waals surface area (Å²) in [6.45, 7) is 9.42. The molecule has 0 unspecified atom stereocenters. The first-order valence-electron chi connectivity index (χ1n) is 5.75. The van der Waals surface area contributed by atoms with Gasteiger partial charge in [-0.1, -0.05) is 35.4 Å². The second-order valence-electron chi connectivity index (χ2n) is 4.30.